The second-order valence-electron chi connectivity index (χ2n) is 3.65. The lowest BCUT2D eigenvalue weighted by atomic mass is 9.94. The van der Waals surface area contributed by atoms with Gasteiger partial charge in [0.1, 0.15) is 5.60 Å². The van der Waals surface area contributed by atoms with Crippen LogP contribution < -0.4 is 5.73 Å². The van der Waals surface area contributed by atoms with E-state index in [4.69, 9.17) is 10.8 Å². The van der Waals surface area contributed by atoms with Crippen molar-refractivity contribution in [1.82, 2.24) is 4.98 Å². The molecule has 1 heterocycles. The van der Waals surface area contributed by atoms with Gasteiger partial charge in [-0.25, -0.2) is 0 Å². The largest absolute Gasteiger partial charge is 0.393 e. The molecule has 0 aliphatic rings. The van der Waals surface area contributed by atoms with Gasteiger partial charge < -0.3 is 15.9 Å². The maximum atomic E-state index is 9.65. The molecule has 4 heteroatoms. The van der Waals surface area contributed by atoms with E-state index in [9.17, 15) is 5.11 Å². The third-order valence-corrected chi connectivity index (χ3v) is 2.27. The van der Waals surface area contributed by atoms with E-state index in [1.54, 1.807) is 6.20 Å². The van der Waals surface area contributed by atoms with E-state index >= 15 is 0 Å². The predicted molar refractivity (Wildman–Crippen MR) is 53.6 cm³/mol. The first-order valence-corrected chi connectivity index (χ1v) is 4.55. The number of rotatable bonds is 4. The molecule has 0 spiro atoms. The molecule has 0 fully saturated rings. The minimum absolute atomic E-state index is 0.346. The van der Waals surface area contributed by atoms with Gasteiger partial charge in [-0.15, -0.1) is 0 Å². The van der Waals surface area contributed by atoms with Crippen LogP contribution in [0.1, 0.15) is 12.6 Å². The van der Waals surface area contributed by atoms with Gasteiger partial charge in [0.2, 0.25) is 0 Å². The first-order chi connectivity index (χ1) is 6.56. The van der Waals surface area contributed by atoms with Gasteiger partial charge in [0.15, 0.2) is 0 Å². The Balaban J connectivity index is 2.62. The first-order valence-electron chi connectivity index (χ1n) is 4.55. The zero-order valence-electron chi connectivity index (χ0n) is 8.22. The molecule has 2 atom stereocenters. The van der Waals surface area contributed by atoms with E-state index in [0.29, 0.717) is 6.42 Å². The quantitative estimate of drug-likeness (QED) is 0.617. The molecule has 0 aromatic carbocycles. The second-order valence-corrected chi connectivity index (χ2v) is 3.65. The molecule has 1 rings (SSSR count). The molecule has 0 aliphatic carbocycles. The van der Waals surface area contributed by atoms with Crippen LogP contribution in [-0.4, -0.2) is 33.4 Å². The van der Waals surface area contributed by atoms with Crippen LogP contribution in [0.2, 0.25) is 0 Å². The number of aliphatic hydroxyl groups excluding tert-OH is 1. The van der Waals surface area contributed by atoms with Crippen molar-refractivity contribution in [3.8, 4) is 0 Å². The van der Waals surface area contributed by atoms with Crippen LogP contribution >= 0.6 is 0 Å². The van der Waals surface area contributed by atoms with E-state index in [2.05, 4.69) is 4.98 Å². The van der Waals surface area contributed by atoms with Crippen molar-refractivity contribution in [3.63, 3.8) is 0 Å². The fourth-order valence-corrected chi connectivity index (χ4v) is 1.08. The van der Waals surface area contributed by atoms with Crippen LogP contribution in [0.25, 0.3) is 0 Å². The minimum atomic E-state index is -1.25. The van der Waals surface area contributed by atoms with Crippen LogP contribution in [0, 0.1) is 0 Å². The third kappa shape index (κ3) is 2.77. The van der Waals surface area contributed by atoms with Crippen molar-refractivity contribution in [1.29, 1.82) is 0 Å². The summed E-state index contributed by atoms with van der Waals surface area (Å²) in [5.41, 5.74) is 5.31. The smallest absolute Gasteiger partial charge is 0.100 e. The molecule has 1 aromatic heterocycles. The molecule has 0 aliphatic heterocycles. The molecule has 0 saturated heterocycles. The Bertz CT molecular complexity index is 275. The lowest BCUT2D eigenvalue weighted by Gasteiger charge is -2.27. The number of pyridine rings is 1. The van der Waals surface area contributed by atoms with Gasteiger partial charge in [0, 0.05) is 24.4 Å². The van der Waals surface area contributed by atoms with E-state index < -0.39 is 11.6 Å². The highest BCUT2D eigenvalue weighted by Crippen LogP contribution is 2.10. The van der Waals surface area contributed by atoms with Gasteiger partial charge in [0.05, 0.1) is 6.61 Å². The summed E-state index contributed by atoms with van der Waals surface area (Å²) in [7, 11) is 0. The van der Waals surface area contributed by atoms with Crippen molar-refractivity contribution in [2.24, 2.45) is 5.73 Å². The first kappa shape index (κ1) is 11.1. The van der Waals surface area contributed by atoms with E-state index in [-0.39, 0.29) is 6.61 Å². The number of aliphatic hydroxyl groups is 2. The van der Waals surface area contributed by atoms with Crippen LogP contribution in [0.4, 0.5) is 0 Å². The Morgan fingerprint density at radius 1 is 1.57 bits per heavy atom. The number of nitrogens with two attached hydrogens (primary N) is 1. The van der Waals surface area contributed by atoms with Gasteiger partial charge >= 0.3 is 0 Å². The summed E-state index contributed by atoms with van der Waals surface area (Å²) in [5, 5.41) is 18.5. The topological polar surface area (TPSA) is 79.4 Å². The van der Waals surface area contributed by atoms with Crippen molar-refractivity contribution < 1.29 is 10.2 Å². The summed E-state index contributed by atoms with van der Waals surface area (Å²) in [6.07, 6.45) is 2.13. The SMILES string of the molecule is C[C@@](O)(CO)[C@H](N)Cc1ccccn1. The highest BCUT2D eigenvalue weighted by molar-refractivity contribution is 5.07. The van der Waals surface area contributed by atoms with Crippen LogP contribution in [0.3, 0.4) is 0 Å². The van der Waals surface area contributed by atoms with Gasteiger partial charge in [-0.1, -0.05) is 6.07 Å². The molecule has 0 bridgehead atoms. The molecule has 1 aromatic rings. The monoisotopic (exact) mass is 196 g/mol. The zero-order valence-corrected chi connectivity index (χ0v) is 8.22. The summed E-state index contributed by atoms with van der Waals surface area (Å²) in [5.74, 6) is 0. The van der Waals surface area contributed by atoms with Crippen LogP contribution in [-0.2, 0) is 6.42 Å². The van der Waals surface area contributed by atoms with E-state index in [1.807, 2.05) is 18.2 Å². The van der Waals surface area contributed by atoms with Gasteiger partial charge in [-0.05, 0) is 19.1 Å². The average molecular weight is 196 g/mol. The predicted octanol–water partition coefficient (Wildman–Crippen LogP) is -0.305. The molecule has 0 radical (unpaired) electrons. The molecular weight excluding hydrogens is 180 g/mol. The van der Waals surface area contributed by atoms with Crippen molar-refractivity contribution in [2.45, 2.75) is 25.0 Å². The molecule has 0 saturated carbocycles. The Hall–Kier alpha value is -0.970. The van der Waals surface area contributed by atoms with E-state index in [1.165, 1.54) is 6.92 Å². The number of hydrogen-bond acceptors (Lipinski definition) is 4. The fraction of sp³-hybridized carbons (Fsp3) is 0.500. The molecule has 0 unspecified atom stereocenters. The second kappa shape index (κ2) is 4.50. The highest BCUT2D eigenvalue weighted by Gasteiger charge is 2.28. The number of aromatic nitrogens is 1. The number of nitrogens with zero attached hydrogens (tertiary/aromatic N) is 1. The van der Waals surface area contributed by atoms with Gasteiger partial charge in [0.25, 0.3) is 0 Å². The summed E-state index contributed by atoms with van der Waals surface area (Å²) in [6.45, 7) is 1.17. The fourth-order valence-electron chi connectivity index (χ4n) is 1.08. The standard InChI is InChI=1S/C10H16N2O2/c1-10(14,7-13)9(11)6-8-4-2-3-5-12-8/h2-5,9,13-14H,6-7,11H2,1H3/t9-,10-/m1/s1. The maximum absolute atomic E-state index is 9.65. The van der Waals surface area contributed by atoms with Gasteiger partial charge in [-0.3, -0.25) is 4.98 Å². The van der Waals surface area contributed by atoms with Crippen molar-refractivity contribution >= 4 is 0 Å². The Morgan fingerprint density at radius 2 is 2.29 bits per heavy atom. The van der Waals surface area contributed by atoms with E-state index in [0.717, 1.165) is 5.69 Å². The van der Waals surface area contributed by atoms with Crippen molar-refractivity contribution in [2.75, 3.05) is 6.61 Å². The summed E-state index contributed by atoms with van der Waals surface area (Å²) >= 11 is 0. The number of hydrogen-bond donors (Lipinski definition) is 3. The molecule has 4 N–H and O–H groups in total. The summed E-state index contributed by atoms with van der Waals surface area (Å²) in [6, 6.07) is 5.01. The van der Waals surface area contributed by atoms with Gasteiger partial charge in [-0.2, -0.15) is 0 Å². The average Bonchev–Trinajstić information content (AvgIpc) is 2.19. The molecule has 0 amide bonds. The maximum Gasteiger partial charge on any atom is 0.100 e. The minimum Gasteiger partial charge on any atom is -0.393 e. The Morgan fingerprint density at radius 3 is 2.79 bits per heavy atom. The molecule has 78 valence electrons. The Labute approximate surface area is 83.4 Å². The van der Waals surface area contributed by atoms with Crippen LogP contribution in [0.5, 0.6) is 0 Å². The molecule has 4 nitrogen and oxygen atoms in total. The van der Waals surface area contributed by atoms with Crippen molar-refractivity contribution in [3.05, 3.63) is 30.1 Å². The summed E-state index contributed by atoms with van der Waals surface area (Å²) in [4.78, 5) is 4.09. The third-order valence-electron chi connectivity index (χ3n) is 2.27. The van der Waals surface area contributed by atoms with Crippen LogP contribution in [0.15, 0.2) is 24.4 Å². The summed E-state index contributed by atoms with van der Waals surface area (Å²) < 4.78 is 0. The molecular formula is C10H16N2O2. The lowest BCUT2D eigenvalue weighted by molar-refractivity contribution is -0.0191. The lowest BCUT2D eigenvalue weighted by Crippen LogP contribution is -2.49. The zero-order chi connectivity index (χ0) is 10.6. The highest BCUT2D eigenvalue weighted by atomic mass is 16.3. The normalized spacial score (nSPS) is 17.4. The molecule has 14 heavy (non-hydrogen) atoms. The Kier molecular flexibility index (Phi) is 3.57.